The molecule has 0 bridgehead atoms. The van der Waals surface area contributed by atoms with Crippen LogP contribution < -0.4 is 9.46 Å². The molecule has 0 fully saturated rings. The van der Waals surface area contributed by atoms with Gasteiger partial charge in [-0.1, -0.05) is 5.16 Å². The SMILES string of the molecule is COc1ccc(S(=O)(=O)NC(C)c2onc(-c3cccnc3)c2C(=O)O)cc1. The molecule has 0 aliphatic heterocycles. The summed E-state index contributed by atoms with van der Waals surface area (Å²) in [5.41, 5.74) is 0.295. The molecule has 9 nitrogen and oxygen atoms in total. The van der Waals surface area contributed by atoms with E-state index in [0.29, 0.717) is 11.3 Å². The second-order valence-corrected chi connectivity index (χ2v) is 7.55. The van der Waals surface area contributed by atoms with Gasteiger partial charge < -0.3 is 14.4 Å². The second-order valence-electron chi connectivity index (χ2n) is 5.84. The summed E-state index contributed by atoms with van der Waals surface area (Å²) in [6.45, 7) is 1.47. The zero-order valence-electron chi connectivity index (χ0n) is 15.0. The third kappa shape index (κ3) is 3.87. The highest BCUT2D eigenvalue weighted by atomic mass is 32.2. The number of pyridine rings is 1. The van der Waals surface area contributed by atoms with Gasteiger partial charge in [-0.05, 0) is 43.3 Å². The van der Waals surface area contributed by atoms with Crippen LogP contribution in [-0.4, -0.2) is 36.7 Å². The van der Waals surface area contributed by atoms with Crippen molar-refractivity contribution < 1.29 is 27.6 Å². The molecular formula is C18H17N3O6S. The van der Waals surface area contributed by atoms with Crippen LogP contribution in [0.5, 0.6) is 5.75 Å². The number of sulfonamides is 1. The van der Waals surface area contributed by atoms with Gasteiger partial charge in [0.15, 0.2) is 5.76 Å². The molecule has 28 heavy (non-hydrogen) atoms. The number of nitrogens with zero attached hydrogens (tertiary/aromatic N) is 2. The summed E-state index contributed by atoms with van der Waals surface area (Å²) in [6, 6.07) is 8.07. The summed E-state index contributed by atoms with van der Waals surface area (Å²) in [5.74, 6) is -0.884. The number of carboxylic acid groups (broad SMARTS) is 1. The fourth-order valence-corrected chi connectivity index (χ4v) is 3.82. The monoisotopic (exact) mass is 403 g/mol. The summed E-state index contributed by atoms with van der Waals surface area (Å²) in [7, 11) is -2.46. The van der Waals surface area contributed by atoms with E-state index in [1.165, 1.54) is 50.7 Å². The van der Waals surface area contributed by atoms with Gasteiger partial charge in [0, 0.05) is 18.0 Å². The van der Waals surface area contributed by atoms with Gasteiger partial charge in [0.05, 0.1) is 18.0 Å². The molecule has 0 aliphatic rings. The zero-order valence-corrected chi connectivity index (χ0v) is 15.8. The Morgan fingerprint density at radius 3 is 2.54 bits per heavy atom. The van der Waals surface area contributed by atoms with E-state index in [0.717, 1.165) is 0 Å². The fraction of sp³-hybridized carbons (Fsp3) is 0.167. The minimum atomic E-state index is -3.93. The van der Waals surface area contributed by atoms with Gasteiger partial charge in [-0.15, -0.1) is 0 Å². The quantitative estimate of drug-likeness (QED) is 0.615. The zero-order chi connectivity index (χ0) is 20.3. The molecule has 3 aromatic rings. The molecule has 1 atom stereocenters. The van der Waals surface area contributed by atoms with E-state index in [1.54, 1.807) is 12.1 Å². The Hall–Kier alpha value is -3.24. The number of carbonyl (C=O) groups is 1. The molecule has 0 spiro atoms. The molecule has 0 radical (unpaired) electrons. The molecule has 2 N–H and O–H groups in total. The standard InChI is InChI=1S/C18H17N3O6S/c1-11(21-28(24,25)14-7-5-13(26-2)6-8-14)17-15(18(22)23)16(20-27-17)12-4-3-9-19-10-12/h3-11,21H,1-2H3,(H,22,23). The van der Waals surface area contributed by atoms with Crippen LogP contribution in [-0.2, 0) is 10.0 Å². The number of benzene rings is 1. The molecule has 1 unspecified atom stereocenters. The highest BCUT2D eigenvalue weighted by molar-refractivity contribution is 7.89. The van der Waals surface area contributed by atoms with Gasteiger partial charge in [0.2, 0.25) is 10.0 Å². The van der Waals surface area contributed by atoms with Crippen LogP contribution in [0.2, 0.25) is 0 Å². The second kappa shape index (κ2) is 7.79. The first-order chi connectivity index (χ1) is 13.3. The number of rotatable bonds is 7. The van der Waals surface area contributed by atoms with Crippen molar-refractivity contribution in [3.63, 3.8) is 0 Å². The lowest BCUT2D eigenvalue weighted by molar-refractivity contribution is 0.0694. The number of aromatic carboxylic acids is 1. The average molecular weight is 403 g/mol. The van der Waals surface area contributed by atoms with Crippen molar-refractivity contribution in [1.82, 2.24) is 14.9 Å². The van der Waals surface area contributed by atoms with Crippen molar-refractivity contribution in [3.05, 3.63) is 60.1 Å². The van der Waals surface area contributed by atoms with Gasteiger partial charge in [-0.2, -0.15) is 0 Å². The van der Waals surface area contributed by atoms with Gasteiger partial charge >= 0.3 is 5.97 Å². The molecular weight excluding hydrogens is 386 g/mol. The van der Waals surface area contributed by atoms with Crippen molar-refractivity contribution in [1.29, 1.82) is 0 Å². The maximum atomic E-state index is 12.6. The Bertz CT molecular complexity index is 1080. The van der Waals surface area contributed by atoms with Crippen LogP contribution >= 0.6 is 0 Å². The smallest absolute Gasteiger partial charge is 0.341 e. The Kier molecular flexibility index (Phi) is 5.43. The van der Waals surface area contributed by atoms with Gasteiger partial charge in [-0.3, -0.25) is 4.98 Å². The van der Waals surface area contributed by atoms with Crippen molar-refractivity contribution >= 4 is 16.0 Å². The lowest BCUT2D eigenvalue weighted by Gasteiger charge is -2.13. The molecule has 0 saturated carbocycles. The molecule has 3 rings (SSSR count). The van der Waals surface area contributed by atoms with Gasteiger partial charge in [0.25, 0.3) is 0 Å². The van der Waals surface area contributed by atoms with Crippen LogP contribution in [0.4, 0.5) is 0 Å². The van der Waals surface area contributed by atoms with E-state index in [2.05, 4.69) is 14.9 Å². The lowest BCUT2D eigenvalue weighted by atomic mass is 10.1. The van der Waals surface area contributed by atoms with E-state index in [-0.39, 0.29) is 21.9 Å². The van der Waals surface area contributed by atoms with Crippen LogP contribution in [0.25, 0.3) is 11.3 Å². The summed E-state index contributed by atoms with van der Waals surface area (Å²) in [6.07, 6.45) is 2.98. The average Bonchev–Trinajstić information content (AvgIpc) is 3.14. The van der Waals surface area contributed by atoms with Crippen molar-refractivity contribution in [2.24, 2.45) is 0 Å². The van der Waals surface area contributed by atoms with Gasteiger partial charge in [0.1, 0.15) is 17.0 Å². The summed E-state index contributed by atoms with van der Waals surface area (Å²) >= 11 is 0. The first-order valence-corrected chi connectivity index (χ1v) is 9.61. The van der Waals surface area contributed by atoms with E-state index in [4.69, 9.17) is 9.26 Å². The maximum Gasteiger partial charge on any atom is 0.341 e. The lowest BCUT2D eigenvalue weighted by Crippen LogP contribution is -2.27. The van der Waals surface area contributed by atoms with Gasteiger partial charge in [-0.25, -0.2) is 17.9 Å². The highest BCUT2D eigenvalue weighted by Crippen LogP contribution is 2.29. The third-order valence-corrected chi connectivity index (χ3v) is 5.52. The van der Waals surface area contributed by atoms with E-state index in [1.807, 2.05) is 0 Å². The molecule has 0 amide bonds. The minimum absolute atomic E-state index is 0.00373. The number of methoxy groups -OCH3 is 1. The third-order valence-electron chi connectivity index (χ3n) is 3.96. The number of hydrogen-bond donors (Lipinski definition) is 2. The predicted octanol–water partition coefficient (Wildman–Crippen LogP) is 2.48. The number of hydrogen-bond acceptors (Lipinski definition) is 7. The van der Waals surface area contributed by atoms with Crippen molar-refractivity contribution in [3.8, 4) is 17.0 Å². The first-order valence-electron chi connectivity index (χ1n) is 8.13. The number of nitrogens with one attached hydrogen (secondary N) is 1. The topological polar surface area (TPSA) is 132 Å². The molecule has 1 aromatic carbocycles. The number of aromatic nitrogens is 2. The largest absolute Gasteiger partial charge is 0.497 e. The van der Waals surface area contributed by atoms with Crippen molar-refractivity contribution in [2.75, 3.05) is 7.11 Å². The van der Waals surface area contributed by atoms with Crippen LogP contribution in [0, 0.1) is 0 Å². The normalized spacial score (nSPS) is 12.5. The van der Waals surface area contributed by atoms with Crippen molar-refractivity contribution in [2.45, 2.75) is 17.9 Å². The first kappa shape index (κ1) is 19.5. The van der Waals surface area contributed by atoms with Crippen LogP contribution in [0.15, 0.2) is 58.2 Å². The Morgan fingerprint density at radius 2 is 1.96 bits per heavy atom. The van der Waals surface area contributed by atoms with Crippen LogP contribution in [0.3, 0.4) is 0 Å². The molecule has 0 aliphatic carbocycles. The number of ether oxygens (including phenoxy) is 1. The summed E-state index contributed by atoms with van der Waals surface area (Å²) in [4.78, 5) is 15.7. The predicted molar refractivity (Wildman–Crippen MR) is 98.4 cm³/mol. The Morgan fingerprint density at radius 1 is 1.25 bits per heavy atom. The van der Waals surface area contributed by atoms with E-state index >= 15 is 0 Å². The van der Waals surface area contributed by atoms with Crippen LogP contribution in [0.1, 0.15) is 29.1 Å². The molecule has 146 valence electrons. The van der Waals surface area contributed by atoms with E-state index in [9.17, 15) is 18.3 Å². The molecule has 0 saturated heterocycles. The van der Waals surface area contributed by atoms with E-state index < -0.39 is 22.0 Å². The minimum Gasteiger partial charge on any atom is -0.497 e. The molecule has 10 heteroatoms. The fourth-order valence-electron chi connectivity index (χ4n) is 2.61. The number of carboxylic acids is 1. The summed E-state index contributed by atoms with van der Waals surface area (Å²) < 4.78 is 37.8. The summed E-state index contributed by atoms with van der Waals surface area (Å²) in [5, 5.41) is 13.4. The highest BCUT2D eigenvalue weighted by Gasteiger charge is 2.30. The maximum absolute atomic E-state index is 12.6. The molecule has 2 heterocycles. The molecule has 2 aromatic heterocycles. The Balaban J connectivity index is 1.93. The Labute approximate surface area is 161 Å².